The number of amides is 2. The van der Waals surface area contributed by atoms with E-state index in [0.717, 1.165) is 36.2 Å². The van der Waals surface area contributed by atoms with E-state index in [9.17, 15) is 18.4 Å². The van der Waals surface area contributed by atoms with E-state index in [1.54, 1.807) is 11.0 Å². The van der Waals surface area contributed by atoms with E-state index in [2.05, 4.69) is 10.3 Å². The molecule has 2 aromatic carbocycles. The highest BCUT2D eigenvalue weighted by Crippen LogP contribution is 2.27. The zero-order chi connectivity index (χ0) is 20.4. The highest BCUT2D eigenvalue weighted by molar-refractivity contribution is 6.07. The van der Waals surface area contributed by atoms with Crippen molar-refractivity contribution in [2.24, 2.45) is 0 Å². The van der Waals surface area contributed by atoms with Crippen molar-refractivity contribution in [2.45, 2.75) is 12.8 Å². The molecule has 0 atom stereocenters. The van der Waals surface area contributed by atoms with Crippen LogP contribution in [0.4, 0.5) is 20.2 Å². The fourth-order valence-electron chi connectivity index (χ4n) is 3.34. The lowest BCUT2D eigenvalue weighted by Gasteiger charge is -2.29. The second-order valence-electron chi connectivity index (χ2n) is 6.68. The summed E-state index contributed by atoms with van der Waals surface area (Å²) in [5.41, 5.74) is 1.85. The minimum atomic E-state index is -0.893. The third-order valence-corrected chi connectivity index (χ3v) is 4.74. The summed E-state index contributed by atoms with van der Waals surface area (Å²) in [6.45, 7) is 0.564. The Morgan fingerprint density at radius 2 is 1.76 bits per heavy atom. The smallest absolute Gasteiger partial charge is 0.276 e. The summed E-state index contributed by atoms with van der Waals surface area (Å²) in [4.78, 5) is 31.3. The first-order valence-corrected chi connectivity index (χ1v) is 9.16. The van der Waals surface area contributed by atoms with E-state index in [1.807, 2.05) is 24.3 Å². The first kappa shape index (κ1) is 18.7. The van der Waals surface area contributed by atoms with Crippen LogP contribution >= 0.6 is 0 Å². The standard InChI is InChI=1S/C22H17F2N3O2/c23-15-10-11-17(16(24)13-15)26-21(28)18-7-3-8-19(25-18)22(29)27-12-4-6-14-5-1-2-9-20(14)27/h1-3,5,7-11,13H,4,6,12H2,(H,26,28). The van der Waals surface area contributed by atoms with Crippen molar-refractivity contribution in [1.29, 1.82) is 0 Å². The number of nitrogens with one attached hydrogen (secondary N) is 1. The van der Waals surface area contributed by atoms with Gasteiger partial charge in [-0.05, 0) is 48.7 Å². The van der Waals surface area contributed by atoms with Gasteiger partial charge in [0.15, 0.2) is 0 Å². The number of fused-ring (bicyclic) bond motifs is 1. The van der Waals surface area contributed by atoms with Gasteiger partial charge in [0.2, 0.25) is 0 Å². The predicted molar refractivity (Wildman–Crippen MR) is 105 cm³/mol. The molecule has 4 rings (SSSR count). The van der Waals surface area contributed by atoms with Crippen LogP contribution < -0.4 is 10.2 Å². The van der Waals surface area contributed by atoms with E-state index in [4.69, 9.17) is 0 Å². The second kappa shape index (κ2) is 7.79. The lowest BCUT2D eigenvalue weighted by Crippen LogP contribution is -2.36. The van der Waals surface area contributed by atoms with Gasteiger partial charge in [0.25, 0.3) is 11.8 Å². The molecule has 2 amide bonds. The molecule has 146 valence electrons. The van der Waals surface area contributed by atoms with Gasteiger partial charge in [0, 0.05) is 18.3 Å². The molecule has 5 nitrogen and oxygen atoms in total. The normalized spacial score (nSPS) is 13.0. The van der Waals surface area contributed by atoms with Gasteiger partial charge in [-0.15, -0.1) is 0 Å². The Bertz CT molecular complexity index is 1100. The first-order chi connectivity index (χ1) is 14.0. The maximum atomic E-state index is 13.8. The van der Waals surface area contributed by atoms with Crippen molar-refractivity contribution < 1.29 is 18.4 Å². The Kier molecular flexibility index (Phi) is 5.03. The SMILES string of the molecule is O=C(Nc1ccc(F)cc1F)c1cccc(C(=O)N2CCCc3ccccc32)n1. The fraction of sp³-hybridized carbons (Fsp3) is 0.136. The van der Waals surface area contributed by atoms with Gasteiger partial charge in [-0.1, -0.05) is 24.3 Å². The molecule has 3 aromatic rings. The number of carbonyl (C=O) groups excluding carboxylic acids is 2. The van der Waals surface area contributed by atoms with E-state index < -0.39 is 17.5 Å². The molecule has 1 N–H and O–H groups in total. The number of aromatic nitrogens is 1. The molecule has 29 heavy (non-hydrogen) atoms. The molecule has 0 aliphatic carbocycles. The molecule has 2 heterocycles. The average Bonchev–Trinajstić information content (AvgIpc) is 2.75. The van der Waals surface area contributed by atoms with Crippen LogP contribution in [0.15, 0.2) is 60.7 Å². The van der Waals surface area contributed by atoms with Gasteiger partial charge in [-0.25, -0.2) is 13.8 Å². The van der Waals surface area contributed by atoms with Crippen molar-refractivity contribution in [3.05, 3.63) is 89.2 Å². The Labute approximate surface area is 166 Å². The number of halogens is 2. The summed E-state index contributed by atoms with van der Waals surface area (Å²) >= 11 is 0. The summed E-state index contributed by atoms with van der Waals surface area (Å²) in [5.74, 6) is -2.63. The lowest BCUT2D eigenvalue weighted by molar-refractivity contribution is 0.0980. The largest absolute Gasteiger partial charge is 0.318 e. The molecule has 0 bridgehead atoms. The molecule has 7 heteroatoms. The lowest BCUT2D eigenvalue weighted by atomic mass is 10.0. The maximum absolute atomic E-state index is 13.8. The number of benzene rings is 2. The number of anilines is 2. The van der Waals surface area contributed by atoms with Gasteiger partial charge < -0.3 is 10.2 Å². The third kappa shape index (κ3) is 3.85. The number of para-hydroxylation sites is 1. The number of rotatable bonds is 3. The molecule has 1 aromatic heterocycles. The van der Waals surface area contributed by atoms with Crippen molar-refractivity contribution >= 4 is 23.2 Å². The average molecular weight is 393 g/mol. The number of hydrogen-bond donors (Lipinski definition) is 1. The summed E-state index contributed by atoms with van der Waals surface area (Å²) in [6.07, 6.45) is 1.74. The molecule has 0 saturated carbocycles. The van der Waals surface area contributed by atoms with Crippen LogP contribution in [0.2, 0.25) is 0 Å². The summed E-state index contributed by atoms with van der Waals surface area (Å²) in [6, 6.07) is 15.0. The Hall–Kier alpha value is -3.61. The molecule has 0 fully saturated rings. The van der Waals surface area contributed by atoms with Gasteiger partial charge in [-0.3, -0.25) is 9.59 Å². The molecular formula is C22H17F2N3O2. The Morgan fingerprint density at radius 1 is 0.966 bits per heavy atom. The van der Waals surface area contributed by atoms with Crippen LogP contribution in [0.25, 0.3) is 0 Å². The molecular weight excluding hydrogens is 376 g/mol. The minimum Gasteiger partial charge on any atom is -0.318 e. The van der Waals surface area contributed by atoms with Crippen LogP contribution in [0.3, 0.4) is 0 Å². The van der Waals surface area contributed by atoms with Crippen molar-refractivity contribution in [3.63, 3.8) is 0 Å². The highest BCUT2D eigenvalue weighted by atomic mass is 19.1. The molecule has 0 radical (unpaired) electrons. The van der Waals surface area contributed by atoms with Crippen molar-refractivity contribution in [3.8, 4) is 0 Å². The zero-order valence-electron chi connectivity index (χ0n) is 15.4. The van der Waals surface area contributed by atoms with Gasteiger partial charge in [-0.2, -0.15) is 0 Å². The summed E-state index contributed by atoms with van der Waals surface area (Å²) in [7, 11) is 0. The van der Waals surface area contributed by atoms with Crippen LogP contribution in [-0.4, -0.2) is 23.3 Å². The van der Waals surface area contributed by atoms with Crippen LogP contribution in [-0.2, 0) is 6.42 Å². The number of pyridine rings is 1. The minimum absolute atomic E-state index is 0.0372. The number of hydrogen-bond acceptors (Lipinski definition) is 3. The van der Waals surface area contributed by atoms with Crippen LogP contribution in [0.5, 0.6) is 0 Å². The zero-order valence-corrected chi connectivity index (χ0v) is 15.4. The summed E-state index contributed by atoms with van der Waals surface area (Å²) in [5, 5.41) is 2.35. The van der Waals surface area contributed by atoms with E-state index in [0.29, 0.717) is 12.6 Å². The topological polar surface area (TPSA) is 62.3 Å². The quantitative estimate of drug-likeness (QED) is 0.725. The van der Waals surface area contributed by atoms with Crippen molar-refractivity contribution in [2.75, 3.05) is 16.8 Å². The van der Waals surface area contributed by atoms with Gasteiger partial charge in [0.1, 0.15) is 23.0 Å². The third-order valence-electron chi connectivity index (χ3n) is 4.74. The van der Waals surface area contributed by atoms with Gasteiger partial charge in [0.05, 0.1) is 5.69 Å². The molecule has 1 aliphatic heterocycles. The fourth-order valence-corrected chi connectivity index (χ4v) is 3.34. The van der Waals surface area contributed by atoms with Crippen molar-refractivity contribution in [1.82, 2.24) is 4.98 Å². The van der Waals surface area contributed by atoms with E-state index in [1.165, 1.54) is 12.1 Å². The predicted octanol–water partition coefficient (Wildman–Crippen LogP) is 4.21. The first-order valence-electron chi connectivity index (χ1n) is 9.16. The van der Waals surface area contributed by atoms with Crippen LogP contribution in [0, 0.1) is 11.6 Å². The number of nitrogens with zero attached hydrogens (tertiary/aromatic N) is 2. The summed E-state index contributed by atoms with van der Waals surface area (Å²) < 4.78 is 26.8. The number of aryl methyl sites for hydroxylation is 1. The van der Waals surface area contributed by atoms with E-state index in [-0.39, 0.29) is 23.0 Å². The maximum Gasteiger partial charge on any atom is 0.276 e. The molecule has 0 unspecified atom stereocenters. The Balaban J connectivity index is 1.57. The Morgan fingerprint density at radius 3 is 2.59 bits per heavy atom. The second-order valence-corrected chi connectivity index (χ2v) is 6.68. The number of carbonyl (C=O) groups is 2. The monoisotopic (exact) mass is 393 g/mol. The molecule has 1 aliphatic rings. The van der Waals surface area contributed by atoms with Crippen LogP contribution in [0.1, 0.15) is 33.0 Å². The molecule has 0 saturated heterocycles. The van der Waals surface area contributed by atoms with Gasteiger partial charge >= 0.3 is 0 Å². The molecule has 0 spiro atoms. The highest BCUT2D eigenvalue weighted by Gasteiger charge is 2.24. The van der Waals surface area contributed by atoms with E-state index >= 15 is 0 Å².